The minimum absolute atomic E-state index is 0.136. The Morgan fingerprint density at radius 3 is 2.53 bits per heavy atom. The molecule has 2 aliphatic rings. The molecule has 0 saturated carbocycles. The molecule has 0 saturated heterocycles. The van der Waals surface area contributed by atoms with Gasteiger partial charge in [-0.25, -0.2) is 18.1 Å². The third-order valence-corrected chi connectivity index (χ3v) is 8.29. The number of anilines is 1. The van der Waals surface area contributed by atoms with Crippen LogP contribution in [0.15, 0.2) is 81.9 Å². The van der Waals surface area contributed by atoms with Crippen molar-refractivity contribution in [2.75, 3.05) is 18.4 Å². The molecule has 5 rings (SSSR count). The van der Waals surface area contributed by atoms with E-state index in [9.17, 15) is 8.42 Å². The molecule has 0 unspecified atom stereocenters. The lowest BCUT2D eigenvalue weighted by Gasteiger charge is -2.18. The Bertz CT molecular complexity index is 1660. The van der Waals surface area contributed by atoms with Gasteiger partial charge in [0, 0.05) is 36.0 Å². The number of nitrogens with one attached hydrogen (secondary N) is 2. The summed E-state index contributed by atoms with van der Waals surface area (Å²) in [7, 11) is 2.46. The van der Waals surface area contributed by atoms with Crippen LogP contribution in [0.25, 0.3) is 11.2 Å². The Morgan fingerprint density at radius 2 is 1.84 bits per heavy atom. The topological polar surface area (TPSA) is 112 Å². The predicted molar refractivity (Wildman–Crippen MR) is 150 cm³/mol. The molecule has 2 aromatic heterocycles. The van der Waals surface area contributed by atoms with Crippen molar-refractivity contribution in [1.29, 1.82) is 5.26 Å². The molecule has 11 heteroatoms. The maximum absolute atomic E-state index is 12.6. The molecular formula is C27H24BClN6O2S. The molecule has 0 aliphatic heterocycles. The van der Waals surface area contributed by atoms with E-state index in [0.717, 1.165) is 53.4 Å². The van der Waals surface area contributed by atoms with E-state index in [1.54, 1.807) is 10.7 Å². The standard InChI is InChI=1S/C27H24BClN6O2S/c28-23-17-32-35-26(13-25(34-27(23)35)22-3-1-2-4-24(22)29)31-15-19-5-7-20(8-6-19)16-33-38(36,37)21-11-9-18(14-30)10-12-21/h1,3,5,7,9-13,17,31,33H,2,4,6,8,15-16H2. The van der Waals surface area contributed by atoms with Gasteiger partial charge in [0.05, 0.1) is 22.2 Å². The van der Waals surface area contributed by atoms with Crippen molar-refractivity contribution in [3.05, 3.63) is 88.3 Å². The molecule has 2 radical (unpaired) electrons. The zero-order chi connectivity index (χ0) is 26.7. The van der Waals surface area contributed by atoms with E-state index >= 15 is 0 Å². The van der Waals surface area contributed by atoms with Gasteiger partial charge in [0.25, 0.3) is 0 Å². The van der Waals surface area contributed by atoms with Crippen molar-refractivity contribution in [1.82, 2.24) is 19.3 Å². The fraction of sp³-hybridized carbons (Fsp3) is 0.222. The summed E-state index contributed by atoms with van der Waals surface area (Å²) in [5.41, 5.74) is 5.25. The van der Waals surface area contributed by atoms with E-state index in [0.29, 0.717) is 23.2 Å². The number of aromatic nitrogens is 3. The fourth-order valence-electron chi connectivity index (χ4n) is 4.31. The van der Waals surface area contributed by atoms with Crippen LogP contribution in [-0.4, -0.2) is 44.0 Å². The Morgan fingerprint density at radius 1 is 1.11 bits per heavy atom. The van der Waals surface area contributed by atoms with Crippen LogP contribution >= 0.6 is 11.6 Å². The molecule has 1 aromatic carbocycles. The van der Waals surface area contributed by atoms with Gasteiger partial charge in [-0.2, -0.15) is 14.9 Å². The Labute approximate surface area is 227 Å². The molecule has 3 aromatic rings. The predicted octanol–water partition coefficient (Wildman–Crippen LogP) is 3.73. The molecule has 38 heavy (non-hydrogen) atoms. The molecular weight excluding hydrogens is 519 g/mol. The van der Waals surface area contributed by atoms with Crippen LogP contribution in [0.2, 0.25) is 0 Å². The van der Waals surface area contributed by atoms with Gasteiger partial charge in [0.1, 0.15) is 13.7 Å². The smallest absolute Gasteiger partial charge is 0.240 e. The Kier molecular flexibility index (Phi) is 7.52. The highest BCUT2D eigenvalue weighted by Crippen LogP contribution is 2.30. The van der Waals surface area contributed by atoms with Crippen LogP contribution in [0.3, 0.4) is 0 Å². The number of allylic oxidation sites excluding steroid dienone is 6. The van der Waals surface area contributed by atoms with Crippen LogP contribution in [0, 0.1) is 11.3 Å². The van der Waals surface area contributed by atoms with E-state index in [-0.39, 0.29) is 11.4 Å². The first-order valence-electron chi connectivity index (χ1n) is 12.1. The minimum Gasteiger partial charge on any atom is -0.366 e. The monoisotopic (exact) mass is 542 g/mol. The van der Waals surface area contributed by atoms with E-state index < -0.39 is 10.0 Å². The third kappa shape index (κ3) is 5.60. The van der Waals surface area contributed by atoms with E-state index in [1.807, 2.05) is 30.4 Å². The minimum atomic E-state index is -3.66. The highest BCUT2D eigenvalue weighted by atomic mass is 35.5. The molecule has 0 amide bonds. The summed E-state index contributed by atoms with van der Waals surface area (Å²) in [6, 6.07) is 9.76. The van der Waals surface area contributed by atoms with Gasteiger partial charge >= 0.3 is 0 Å². The lowest BCUT2D eigenvalue weighted by atomic mass is 9.98. The van der Waals surface area contributed by atoms with Gasteiger partial charge in [-0.15, -0.1) is 0 Å². The van der Waals surface area contributed by atoms with E-state index in [4.69, 9.17) is 29.7 Å². The lowest BCUT2D eigenvalue weighted by Crippen LogP contribution is -2.26. The van der Waals surface area contributed by atoms with Gasteiger partial charge in [-0.1, -0.05) is 47.1 Å². The first-order valence-corrected chi connectivity index (χ1v) is 14.0. The van der Waals surface area contributed by atoms with Crippen molar-refractivity contribution < 1.29 is 8.42 Å². The molecule has 0 fully saturated rings. The number of nitriles is 1. The van der Waals surface area contributed by atoms with Crippen LogP contribution < -0.4 is 15.5 Å². The van der Waals surface area contributed by atoms with Crippen LogP contribution in [0.4, 0.5) is 5.82 Å². The highest BCUT2D eigenvalue weighted by Gasteiger charge is 2.17. The number of rotatable bonds is 8. The van der Waals surface area contributed by atoms with E-state index in [1.165, 1.54) is 29.8 Å². The molecule has 0 atom stereocenters. The molecule has 0 bridgehead atoms. The summed E-state index contributed by atoms with van der Waals surface area (Å²) >= 11 is 6.49. The van der Waals surface area contributed by atoms with Gasteiger partial charge in [-0.05, 0) is 55.4 Å². The molecule has 8 nitrogen and oxygen atoms in total. The van der Waals surface area contributed by atoms with Crippen molar-refractivity contribution in [3.63, 3.8) is 0 Å². The number of hydrogen-bond acceptors (Lipinski definition) is 6. The van der Waals surface area contributed by atoms with Gasteiger partial charge < -0.3 is 5.32 Å². The fourth-order valence-corrected chi connectivity index (χ4v) is 5.61. The Hall–Kier alpha value is -3.65. The van der Waals surface area contributed by atoms with Gasteiger partial charge in [0.2, 0.25) is 10.0 Å². The largest absolute Gasteiger partial charge is 0.366 e. The van der Waals surface area contributed by atoms with Crippen LogP contribution in [0.5, 0.6) is 0 Å². The second-order valence-electron chi connectivity index (χ2n) is 9.09. The molecule has 0 spiro atoms. The van der Waals surface area contributed by atoms with Crippen molar-refractivity contribution in [2.24, 2.45) is 0 Å². The zero-order valence-electron chi connectivity index (χ0n) is 20.5. The number of fused-ring (bicyclic) bond motifs is 1. The SMILES string of the molecule is [B]c1cnn2c(NCC3=CC=C(CNS(=O)(=O)c4ccc(C#N)cc4)CC3)cc(C3=C(Cl)CCC=C3)nc12. The number of hydrogen-bond donors (Lipinski definition) is 2. The summed E-state index contributed by atoms with van der Waals surface area (Å²) < 4.78 is 29.5. The van der Waals surface area contributed by atoms with Crippen molar-refractivity contribution in [3.8, 4) is 6.07 Å². The zero-order valence-corrected chi connectivity index (χ0v) is 22.1. The third-order valence-electron chi connectivity index (χ3n) is 6.48. The maximum atomic E-state index is 12.6. The summed E-state index contributed by atoms with van der Waals surface area (Å²) in [6.07, 6.45) is 12.8. The quantitative estimate of drug-likeness (QED) is 0.420. The first-order chi connectivity index (χ1) is 18.3. The van der Waals surface area contributed by atoms with Gasteiger partial charge in [0.15, 0.2) is 5.65 Å². The first kappa shape index (κ1) is 26.0. The summed E-state index contributed by atoms with van der Waals surface area (Å²) in [6.45, 7) is 0.811. The van der Waals surface area contributed by atoms with Gasteiger partial charge in [-0.3, -0.25) is 0 Å². The average molecular weight is 543 g/mol. The van der Waals surface area contributed by atoms with E-state index in [2.05, 4.69) is 21.2 Å². The molecule has 2 aliphatic carbocycles. The molecule has 2 heterocycles. The average Bonchev–Trinajstić information content (AvgIpc) is 3.32. The molecule has 2 N–H and O–H groups in total. The normalized spacial score (nSPS) is 15.8. The summed E-state index contributed by atoms with van der Waals surface area (Å²) in [5, 5.41) is 17.5. The Balaban J connectivity index is 1.27. The molecule has 190 valence electrons. The van der Waals surface area contributed by atoms with Crippen LogP contribution in [0.1, 0.15) is 36.9 Å². The van der Waals surface area contributed by atoms with Crippen molar-refractivity contribution >= 4 is 52.0 Å². The second-order valence-corrected chi connectivity index (χ2v) is 11.3. The maximum Gasteiger partial charge on any atom is 0.240 e. The highest BCUT2D eigenvalue weighted by molar-refractivity contribution is 7.89. The van der Waals surface area contributed by atoms with Crippen molar-refractivity contribution in [2.45, 2.75) is 30.6 Å². The number of nitrogens with zero attached hydrogens (tertiary/aromatic N) is 4. The summed E-state index contributed by atoms with van der Waals surface area (Å²) in [5.74, 6) is 0.753. The number of sulfonamides is 1. The van der Waals surface area contributed by atoms with Crippen LogP contribution in [-0.2, 0) is 10.0 Å². The number of benzene rings is 1. The summed E-state index contributed by atoms with van der Waals surface area (Å²) in [4.78, 5) is 4.83. The lowest BCUT2D eigenvalue weighted by molar-refractivity contribution is 0.583. The number of halogens is 1. The second kappa shape index (κ2) is 11.0.